The molecule has 1 heterocycles. The van der Waals surface area contributed by atoms with Crippen LogP contribution in [0.1, 0.15) is 18.8 Å². The highest BCUT2D eigenvalue weighted by molar-refractivity contribution is 5.58. The number of hydrogen-bond donors (Lipinski definition) is 3. The largest absolute Gasteiger partial charge is 0.341 e. The first-order chi connectivity index (χ1) is 7.31. The summed E-state index contributed by atoms with van der Waals surface area (Å²) in [7, 11) is 0. The van der Waals surface area contributed by atoms with Crippen LogP contribution in [0.15, 0.2) is 36.5 Å². The molecule has 15 heavy (non-hydrogen) atoms. The van der Waals surface area contributed by atoms with Crippen LogP contribution in [-0.4, -0.2) is 15.2 Å². The molecule has 0 saturated carbocycles. The molecule has 78 valence electrons. The van der Waals surface area contributed by atoms with Crippen molar-refractivity contribution < 1.29 is 5.21 Å². The molecule has 0 aliphatic heterocycles. The second-order valence-electron chi connectivity index (χ2n) is 3.40. The Kier molecular flexibility index (Phi) is 2.80. The molecule has 1 aromatic heterocycles. The monoisotopic (exact) mass is 203 g/mol. The second-order valence-corrected chi connectivity index (χ2v) is 3.40. The normalized spacial score (nSPS) is 12.7. The van der Waals surface area contributed by atoms with Gasteiger partial charge in [-0.1, -0.05) is 30.3 Å². The third-order valence-electron chi connectivity index (χ3n) is 2.28. The van der Waals surface area contributed by atoms with Gasteiger partial charge in [-0.15, -0.1) is 0 Å². The summed E-state index contributed by atoms with van der Waals surface area (Å²) in [4.78, 5) is 7.33. The summed E-state index contributed by atoms with van der Waals surface area (Å²) >= 11 is 0. The van der Waals surface area contributed by atoms with Crippen molar-refractivity contribution in [1.82, 2.24) is 15.4 Å². The number of aromatic amines is 1. The third kappa shape index (κ3) is 2.06. The molecule has 0 spiro atoms. The third-order valence-corrected chi connectivity index (χ3v) is 2.28. The maximum Gasteiger partial charge on any atom is 0.125 e. The van der Waals surface area contributed by atoms with Gasteiger partial charge in [0.25, 0.3) is 0 Å². The minimum Gasteiger partial charge on any atom is -0.341 e. The van der Waals surface area contributed by atoms with E-state index in [2.05, 4.69) is 15.4 Å². The summed E-state index contributed by atoms with van der Waals surface area (Å²) in [6, 6.07) is 9.75. The molecular weight excluding hydrogens is 190 g/mol. The number of hydroxylamine groups is 1. The van der Waals surface area contributed by atoms with E-state index in [-0.39, 0.29) is 6.04 Å². The van der Waals surface area contributed by atoms with Crippen molar-refractivity contribution in [2.75, 3.05) is 0 Å². The van der Waals surface area contributed by atoms with E-state index in [0.29, 0.717) is 0 Å². The Morgan fingerprint density at radius 3 is 2.73 bits per heavy atom. The molecule has 3 N–H and O–H groups in total. The minimum atomic E-state index is -0.192. The van der Waals surface area contributed by atoms with Crippen molar-refractivity contribution in [1.29, 1.82) is 0 Å². The number of nitrogens with one attached hydrogen (secondary N) is 2. The SMILES string of the molecule is C[C@H](NO)c1ncc(-c2ccccc2)[nH]1. The quantitative estimate of drug-likeness (QED) is 0.669. The highest BCUT2D eigenvalue weighted by Crippen LogP contribution is 2.18. The molecular formula is C11H13N3O. The van der Waals surface area contributed by atoms with Crippen molar-refractivity contribution in [2.24, 2.45) is 0 Å². The van der Waals surface area contributed by atoms with Gasteiger partial charge in [-0.25, -0.2) is 4.98 Å². The average Bonchev–Trinajstić information content (AvgIpc) is 2.78. The van der Waals surface area contributed by atoms with Gasteiger partial charge in [-0.3, -0.25) is 0 Å². The van der Waals surface area contributed by atoms with Crippen LogP contribution in [0.5, 0.6) is 0 Å². The van der Waals surface area contributed by atoms with Crippen LogP contribution in [0.4, 0.5) is 0 Å². The number of imidazole rings is 1. The molecule has 0 unspecified atom stereocenters. The van der Waals surface area contributed by atoms with Crippen molar-refractivity contribution in [3.63, 3.8) is 0 Å². The topological polar surface area (TPSA) is 60.9 Å². The van der Waals surface area contributed by atoms with Crippen LogP contribution in [0.2, 0.25) is 0 Å². The van der Waals surface area contributed by atoms with Gasteiger partial charge in [0.2, 0.25) is 0 Å². The van der Waals surface area contributed by atoms with Gasteiger partial charge in [0.1, 0.15) is 5.82 Å². The first-order valence-electron chi connectivity index (χ1n) is 4.81. The lowest BCUT2D eigenvalue weighted by Gasteiger charge is -2.03. The predicted molar refractivity (Wildman–Crippen MR) is 57.4 cm³/mol. The first kappa shape index (κ1) is 9.89. The number of H-pyrrole nitrogens is 1. The van der Waals surface area contributed by atoms with E-state index in [1.807, 2.05) is 37.3 Å². The van der Waals surface area contributed by atoms with Gasteiger partial charge in [0, 0.05) is 0 Å². The number of hydrogen-bond acceptors (Lipinski definition) is 3. The van der Waals surface area contributed by atoms with Crippen molar-refractivity contribution >= 4 is 0 Å². The Balaban J connectivity index is 2.28. The maximum atomic E-state index is 8.76. The summed E-state index contributed by atoms with van der Waals surface area (Å²) in [5.74, 6) is 0.719. The Bertz CT molecular complexity index is 424. The van der Waals surface area contributed by atoms with E-state index in [1.54, 1.807) is 6.20 Å². The number of rotatable bonds is 3. The highest BCUT2D eigenvalue weighted by Gasteiger charge is 2.08. The molecule has 4 nitrogen and oxygen atoms in total. The molecule has 1 atom stereocenters. The van der Waals surface area contributed by atoms with Crippen LogP contribution in [0.25, 0.3) is 11.3 Å². The van der Waals surface area contributed by atoms with Gasteiger partial charge >= 0.3 is 0 Å². The van der Waals surface area contributed by atoms with Crippen molar-refractivity contribution in [3.8, 4) is 11.3 Å². The van der Waals surface area contributed by atoms with Gasteiger partial charge in [-0.05, 0) is 12.5 Å². The van der Waals surface area contributed by atoms with E-state index in [9.17, 15) is 0 Å². The number of nitrogens with zero attached hydrogens (tertiary/aromatic N) is 1. The van der Waals surface area contributed by atoms with E-state index in [0.717, 1.165) is 17.1 Å². The van der Waals surface area contributed by atoms with Crippen LogP contribution in [0, 0.1) is 0 Å². The molecule has 1 aromatic carbocycles. The Labute approximate surface area is 87.9 Å². The Hall–Kier alpha value is -1.65. The van der Waals surface area contributed by atoms with Gasteiger partial charge in [-0.2, -0.15) is 5.48 Å². The zero-order valence-electron chi connectivity index (χ0n) is 8.44. The molecule has 0 amide bonds. The van der Waals surface area contributed by atoms with E-state index in [1.165, 1.54) is 0 Å². The van der Waals surface area contributed by atoms with Crippen LogP contribution in [-0.2, 0) is 0 Å². The molecule has 0 saturated heterocycles. The first-order valence-corrected chi connectivity index (χ1v) is 4.81. The fourth-order valence-electron chi connectivity index (χ4n) is 1.38. The zero-order valence-corrected chi connectivity index (χ0v) is 8.44. The second kappa shape index (κ2) is 4.25. The Morgan fingerprint density at radius 1 is 1.33 bits per heavy atom. The summed E-state index contributed by atoms with van der Waals surface area (Å²) in [6.45, 7) is 1.83. The van der Waals surface area contributed by atoms with E-state index in [4.69, 9.17) is 5.21 Å². The molecule has 0 radical (unpaired) electrons. The minimum absolute atomic E-state index is 0.192. The summed E-state index contributed by atoms with van der Waals surface area (Å²) in [6.07, 6.45) is 1.76. The fourth-order valence-corrected chi connectivity index (χ4v) is 1.38. The standard InChI is InChI=1S/C11H13N3O/c1-8(14-15)11-12-7-10(13-11)9-5-3-2-4-6-9/h2-8,14-15H,1H3,(H,12,13)/t8-/m0/s1. The van der Waals surface area contributed by atoms with Crippen LogP contribution < -0.4 is 5.48 Å². The smallest absolute Gasteiger partial charge is 0.125 e. The molecule has 4 heteroatoms. The molecule has 0 aliphatic carbocycles. The van der Waals surface area contributed by atoms with Crippen LogP contribution >= 0.6 is 0 Å². The molecule has 0 bridgehead atoms. The summed E-state index contributed by atoms with van der Waals surface area (Å²) in [5.41, 5.74) is 4.19. The lowest BCUT2D eigenvalue weighted by atomic mass is 10.2. The van der Waals surface area contributed by atoms with Crippen LogP contribution in [0.3, 0.4) is 0 Å². The van der Waals surface area contributed by atoms with E-state index >= 15 is 0 Å². The molecule has 2 aromatic rings. The summed E-state index contributed by atoms with van der Waals surface area (Å²) in [5, 5.41) is 8.76. The molecule has 0 fully saturated rings. The van der Waals surface area contributed by atoms with Gasteiger partial charge < -0.3 is 10.2 Å². The van der Waals surface area contributed by atoms with Gasteiger partial charge in [0.05, 0.1) is 17.9 Å². The highest BCUT2D eigenvalue weighted by atomic mass is 16.5. The summed E-state index contributed by atoms with van der Waals surface area (Å²) < 4.78 is 0. The molecule has 2 rings (SSSR count). The maximum absolute atomic E-state index is 8.76. The van der Waals surface area contributed by atoms with E-state index < -0.39 is 0 Å². The van der Waals surface area contributed by atoms with Crippen molar-refractivity contribution in [3.05, 3.63) is 42.4 Å². The van der Waals surface area contributed by atoms with Crippen molar-refractivity contribution in [2.45, 2.75) is 13.0 Å². The zero-order chi connectivity index (χ0) is 10.7. The number of benzene rings is 1. The fraction of sp³-hybridized carbons (Fsp3) is 0.182. The lowest BCUT2D eigenvalue weighted by Crippen LogP contribution is -2.14. The predicted octanol–water partition coefficient (Wildman–Crippen LogP) is 2.12. The lowest BCUT2D eigenvalue weighted by molar-refractivity contribution is 0.130. The average molecular weight is 203 g/mol. The molecule has 0 aliphatic rings. The number of aromatic nitrogens is 2. The Morgan fingerprint density at radius 2 is 2.07 bits per heavy atom. The van der Waals surface area contributed by atoms with Gasteiger partial charge in [0.15, 0.2) is 0 Å².